The highest BCUT2D eigenvalue weighted by molar-refractivity contribution is 7.14. The zero-order valence-corrected chi connectivity index (χ0v) is 19.9. The van der Waals surface area contributed by atoms with E-state index in [4.69, 9.17) is 4.99 Å². The molecule has 0 bridgehead atoms. The second-order valence-corrected chi connectivity index (χ2v) is 9.48. The fourth-order valence-electron chi connectivity index (χ4n) is 4.54. The first-order chi connectivity index (χ1) is 15.1. The lowest BCUT2D eigenvalue weighted by molar-refractivity contribution is 0.266. The fourth-order valence-corrected chi connectivity index (χ4v) is 5.32. The van der Waals surface area contributed by atoms with Gasteiger partial charge in [0.2, 0.25) is 0 Å². The molecule has 0 aliphatic carbocycles. The summed E-state index contributed by atoms with van der Waals surface area (Å²) in [5.74, 6) is 2.71. The van der Waals surface area contributed by atoms with E-state index in [-0.39, 0.29) is 0 Å². The van der Waals surface area contributed by atoms with Crippen LogP contribution in [0, 0.1) is 6.92 Å². The van der Waals surface area contributed by atoms with Crippen LogP contribution >= 0.6 is 11.3 Å². The molecule has 1 unspecified atom stereocenters. The first-order valence-corrected chi connectivity index (χ1v) is 12.4. The third kappa shape index (κ3) is 5.57. The van der Waals surface area contributed by atoms with Crippen LogP contribution in [0.15, 0.2) is 22.5 Å². The third-order valence-electron chi connectivity index (χ3n) is 6.63. The molecule has 0 saturated carbocycles. The molecule has 2 saturated heterocycles. The highest BCUT2D eigenvalue weighted by Crippen LogP contribution is 2.24. The third-order valence-corrected chi connectivity index (χ3v) is 7.55. The number of nitrogens with one attached hydrogen (secondary N) is 2. The quantitative estimate of drug-likeness (QED) is 0.505. The maximum Gasteiger partial charge on any atom is 0.191 e. The Hall–Kier alpha value is -2.13. The van der Waals surface area contributed by atoms with E-state index in [1.807, 2.05) is 29.9 Å². The van der Waals surface area contributed by atoms with E-state index in [0.717, 1.165) is 56.6 Å². The molecular formula is C22H36N8S. The van der Waals surface area contributed by atoms with Gasteiger partial charge in [0.1, 0.15) is 12.4 Å². The van der Waals surface area contributed by atoms with Crippen molar-refractivity contribution in [3.05, 3.63) is 29.2 Å². The molecule has 2 aliphatic rings. The summed E-state index contributed by atoms with van der Waals surface area (Å²) in [6.07, 6.45) is 4.79. The summed E-state index contributed by atoms with van der Waals surface area (Å²) >= 11 is 1.83. The lowest BCUT2D eigenvalue weighted by atomic mass is 10.1. The van der Waals surface area contributed by atoms with Gasteiger partial charge in [0, 0.05) is 38.8 Å². The highest BCUT2D eigenvalue weighted by atomic mass is 32.1. The maximum absolute atomic E-state index is 4.88. The summed E-state index contributed by atoms with van der Waals surface area (Å²) in [5, 5.41) is 19.3. The summed E-state index contributed by atoms with van der Waals surface area (Å²) < 4.78 is 2.01. The van der Waals surface area contributed by atoms with E-state index in [9.17, 15) is 0 Å². The highest BCUT2D eigenvalue weighted by Gasteiger charge is 2.24. The Kier molecular flexibility index (Phi) is 7.45. The van der Waals surface area contributed by atoms with Crippen LogP contribution in [-0.4, -0.2) is 70.4 Å². The van der Waals surface area contributed by atoms with Crippen LogP contribution in [0.3, 0.4) is 0 Å². The van der Waals surface area contributed by atoms with E-state index in [0.29, 0.717) is 18.6 Å². The summed E-state index contributed by atoms with van der Waals surface area (Å²) in [4.78, 5) is 9.94. The van der Waals surface area contributed by atoms with Gasteiger partial charge in [-0.3, -0.25) is 4.90 Å². The van der Waals surface area contributed by atoms with E-state index in [1.165, 1.54) is 24.4 Å². The van der Waals surface area contributed by atoms with Crippen molar-refractivity contribution in [2.75, 3.05) is 37.6 Å². The summed E-state index contributed by atoms with van der Waals surface area (Å²) in [5.41, 5.74) is 0. The monoisotopic (exact) mass is 444 g/mol. The van der Waals surface area contributed by atoms with Crippen molar-refractivity contribution in [2.45, 2.75) is 58.2 Å². The maximum atomic E-state index is 4.88. The predicted octanol–water partition coefficient (Wildman–Crippen LogP) is 2.37. The molecular weight excluding hydrogens is 408 g/mol. The van der Waals surface area contributed by atoms with Gasteiger partial charge in [-0.15, -0.1) is 21.5 Å². The minimum Gasteiger partial charge on any atom is -0.363 e. The molecule has 2 aromatic rings. The number of guanidine groups is 1. The normalized spacial score (nSPS) is 21.1. The lowest BCUT2D eigenvalue weighted by Crippen LogP contribution is -2.51. The molecule has 4 heterocycles. The Bertz CT molecular complexity index is 838. The number of aromatic nitrogens is 3. The molecule has 9 heteroatoms. The molecule has 8 nitrogen and oxygen atoms in total. The number of nitrogens with zero attached hydrogens (tertiary/aromatic N) is 6. The molecule has 2 N–H and O–H groups in total. The molecule has 31 heavy (non-hydrogen) atoms. The first-order valence-electron chi connectivity index (χ1n) is 11.6. The van der Waals surface area contributed by atoms with Crippen molar-refractivity contribution < 1.29 is 0 Å². The molecule has 4 rings (SSSR count). The fraction of sp³-hybridized carbons (Fsp3) is 0.682. The number of hydrogen-bond acceptors (Lipinski definition) is 6. The Labute approximate surface area is 189 Å². The topological polar surface area (TPSA) is 73.6 Å². The SMILES string of the molecule is CCN1CCCC1CNC(=NCc1nnc(C)n1C)NC1CCN(c2cccs2)CC1. The number of aryl methyl sites for hydroxylation is 1. The van der Waals surface area contributed by atoms with Crippen LogP contribution in [0.25, 0.3) is 0 Å². The van der Waals surface area contributed by atoms with Gasteiger partial charge >= 0.3 is 0 Å². The van der Waals surface area contributed by atoms with E-state index in [2.05, 4.69) is 55.1 Å². The first kappa shape index (κ1) is 22.1. The minimum absolute atomic E-state index is 0.439. The van der Waals surface area contributed by atoms with Crippen molar-refractivity contribution in [3.8, 4) is 0 Å². The van der Waals surface area contributed by atoms with Crippen molar-refractivity contribution in [1.29, 1.82) is 0 Å². The van der Waals surface area contributed by atoms with Crippen molar-refractivity contribution in [3.63, 3.8) is 0 Å². The Morgan fingerprint density at radius 3 is 2.74 bits per heavy atom. The number of hydrogen-bond donors (Lipinski definition) is 2. The van der Waals surface area contributed by atoms with Crippen LogP contribution < -0.4 is 15.5 Å². The van der Waals surface area contributed by atoms with Gasteiger partial charge in [0.15, 0.2) is 11.8 Å². The molecule has 0 amide bonds. The van der Waals surface area contributed by atoms with Gasteiger partial charge in [-0.2, -0.15) is 0 Å². The summed E-state index contributed by atoms with van der Waals surface area (Å²) in [6.45, 7) is 10.2. The lowest BCUT2D eigenvalue weighted by Gasteiger charge is -2.34. The van der Waals surface area contributed by atoms with Crippen LogP contribution in [0.2, 0.25) is 0 Å². The Morgan fingerprint density at radius 2 is 2.06 bits per heavy atom. The second-order valence-electron chi connectivity index (χ2n) is 8.55. The number of anilines is 1. The molecule has 1 atom stereocenters. The predicted molar refractivity (Wildman–Crippen MR) is 128 cm³/mol. The van der Waals surface area contributed by atoms with Crippen molar-refractivity contribution in [1.82, 2.24) is 30.3 Å². The van der Waals surface area contributed by atoms with Gasteiger partial charge in [-0.1, -0.05) is 6.92 Å². The zero-order chi connectivity index (χ0) is 21.6. The van der Waals surface area contributed by atoms with E-state index < -0.39 is 0 Å². The average Bonchev–Trinajstić information content (AvgIpc) is 3.54. The van der Waals surface area contributed by atoms with Gasteiger partial charge in [0.25, 0.3) is 0 Å². The number of likely N-dealkylation sites (N-methyl/N-ethyl adjacent to an activating group) is 1. The molecule has 2 fully saturated rings. The standard InChI is InChI=1S/C22H36N8S/c1-4-29-11-5-7-19(29)15-23-22(24-16-20-27-26-17(2)28(20)3)25-18-9-12-30(13-10-18)21-8-6-14-31-21/h6,8,14,18-19H,4-5,7,9-13,15-16H2,1-3H3,(H2,23,24,25). The molecule has 0 spiro atoms. The largest absolute Gasteiger partial charge is 0.363 e. The van der Waals surface area contributed by atoms with Crippen molar-refractivity contribution >= 4 is 22.3 Å². The minimum atomic E-state index is 0.439. The Balaban J connectivity index is 1.37. The molecule has 2 aliphatic heterocycles. The number of aliphatic imine (C=N–C) groups is 1. The summed E-state index contributed by atoms with van der Waals surface area (Å²) in [6, 6.07) is 5.39. The van der Waals surface area contributed by atoms with Crippen LogP contribution in [0.1, 0.15) is 44.3 Å². The second kappa shape index (κ2) is 10.5. The number of thiophene rings is 1. The van der Waals surface area contributed by atoms with Gasteiger partial charge in [-0.05, 0) is 63.2 Å². The van der Waals surface area contributed by atoms with E-state index in [1.54, 1.807) is 0 Å². The molecule has 0 radical (unpaired) electrons. The van der Waals surface area contributed by atoms with Crippen LogP contribution in [0.4, 0.5) is 5.00 Å². The van der Waals surface area contributed by atoms with Gasteiger partial charge in [-0.25, -0.2) is 4.99 Å². The molecule has 170 valence electrons. The van der Waals surface area contributed by atoms with Gasteiger partial charge < -0.3 is 20.1 Å². The summed E-state index contributed by atoms with van der Waals surface area (Å²) in [7, 11) is 2.00. The number of piperidine rings is 1. The zero-order valence-electron chi connectivity index (χ0n) is 19.0. The smallest absolute Gasteiger partial charge is 0.191 e. The molecule has 0 aromatic carbocycles. The average molecular weight is 445 g/mol. The van der Waals surface area contributed by atoms with Gasteiger partial charge in [0.05, 0.1) is 5.00 Å². The van der Waals surface area contributed by atoms with E-state index >= 15 is 0 Å². The van der Waals surface area contributed by atoms with Crippen LogP contribution in [0.5, 0.6) is 0 Å². The number of rotatable bonds is 7. The van der Waals surface area contributed by atoms with Crippen LogP contribution in [-0.2, 0) is 13.6 Å². The van der Waals surface area contributed by atoms with Crippen molar-refractivity contribution in [2.24, 2.45) is 12.0 Å². The number of likely N-dealkylation sites (tertiary alicyclic amines) is 1. The molecule has 2 aromatic heterocycles. The Morgan fingerprint density at radius 1 is 1.23 bits per heavy atom.